The number of carbonyl (C=O) groups is 1. The van der Waals surface area contributed by atoms with Crippen molar-refractivity contribution in [3.8, 4) is 0 Å². The summed E-state index contributed by atoms with van der Waals surface area (Å²) < 4.78 is 70.7. The molecule has 0 radical (unpaired) electrons. The molecule has 5 nitrogen and oxygen atoms in total. The lowest BCUT2D eigenvalue weighted by molar-refractivity contribution is -0.239. The molecule has 0 heterocycles. The topological polar surface area (TPSA) is 80.7 Å². The highest BCUT2D eigenvalue weighted by Crippen LogP contribution is 2.40. The Hall–Kier alpha value is -0.830. The quantitative estimate of drug-likeness (QED) is 0.599. The number of hydrogen-bond donors (Lipinski definition) is 1. The summed E-state index contributed by atoms with van der Waals surface area (Å²) in [5.74, 6) is -1.45. The molecule has 0 aliphatic heterocycles. The van der Waals surface area contributed by atoms with Crippen LogP contribution >= 0.6 is 0 Å². The standard InChI is InChI=1S/C6H9F3O5S/c1-3-5(6(7,8)9,14-4(2)10)15(11,12)13/h3H2,1-2H3,(H,11,12,13). The Bertz CT molecular complexity index is 346. The molecular formula is C6H9F3O5S. The molecule has 0 amide bonds. The molecule has 0 bridgehead atoms. The minimum Gasteiger partial charge on any atom is -0.430 e. The van der Waals surface area contributed by atoms with Gasteiger partial charge in [0.05, 0.1) is 0 Å². The number of rotatable bonds is 3. The Labute approximate surface area is 84.0 Å². The van der Waals surface area contributed by atoms with Crippen molar-refractivity contribution >= 4 is 16.1 Å². The highest BCUT2D eigenvalue weighted by atomic mass is 32.2. The summed E-state index contributed by atoms with van der Waals surface area (Å²) in [6, 6.07) is 0. The van der Waals surface area contributed by atoms with Crippen LogP contribution in [0.1, 0.15) is 20.3 Å². The average Bonchev–Trinajstić information content (AvgIpc) is 1.94. The van der Waals surface area contributed by atoms with E-state index in [4.69, 9.17) is 4.55 Å². The van der Waals surface area contributed by atoms with Crippen LogP contribution in [-0.4, -0.2) is 30.0 Å². The number of alkyl halides is 3. The first kappa shape index (κ1) is 14.2. The van der Waals surface area contributed by atoms with Crippen LogP contribution in [0, 0.1) is 0 Å². The monoisotopic (exact) mass is 250 g/mol. The first-order valence-electron chi connectivity index (χ1n) is 3.71. The van der Waals surface area contributed by atoms with Gasteiger partial charge in [-0.25, -0.2) is 0 Å². The predicted octanol–water partition coefficient (Wildman–Crippen LogP) is 1.11. The number of halogens is 3. The second kappa shape index (κ2) is 3.97. The van der Waals surface area contributed by atoms with Crippen molar-refractivity contribution < 1.29 is 35.7 Å². The van der Waals surface area contributed by atoms with Crippen molar-refractivity contribution in [2.75, 3.05) is 0 Å². The molecule has 0 fully saturated rings. The molecule has 9 heteroatoms. The normalized spacial score (nSPS) is 16.9. The van der Waals surface area contributed by atoms with Crippen molar-refractivity contribution in [2.24, 2.45) is 0 Å². The van der Waals surface area contributed by atoms with Crippen molar-refractivity contribution in [1.29, 1.82) is 0 Å². The third-order valence-electron chi connectivity index (χ3n) is 1.62. The van der Waals surface area contributed by atoms with Crippen LogP contribution in [0.5, 0.6) is 0 Å². The second-order valence-corrected chi connectivity index (χ2v) is 4.28. The summed E-state index contributed by atoms with van der Waals surface area (Å²) >= 11 is 0. The van der Waals surface area contributed by atoms with Gasteiger partial charge in [-0.15, -0.1) is 0 Å². The first-order chi connectivity index (χ1) is 6.48. The van der Waals surface area contributed by atoms with E-state index < -0.39 is 33.6 Å². The van der Waals surface area contributed by atoms with E-state index in [2.05, 4.69) is 4.74 Å². The largest absolute Gasteiger partial charge is 0.446 e. The van der Waals surface area contributed by atoms with E-state index in [0.717, 1.165) is 6.92 Å². The molecule has 1 atom stereocenters. The van der Waals surface area contributed by atoms with Crippen LogP contribution in [0.2, 0.25) is 0 Å². The van der Waals surface area contributed by atoms with Crippen molar-refractivity contribution in [2.45, 2.75) is 31.4 Å². The fourth-order valence-corrected chi connectivity index (χ4v) is 1.82. The molecule has 0 spiro atoms. The van der Waals surface area contributed by atoms with Crippen LogP contribution in [0.25, 0.3) is 0 Å². The number of esters is 1. The minimum absolute atomic E-state index is 0.612. The van der Waals surface area contributed by atoms with Gasteiger partial charge in [-0.05, 0) is 0 Å². The Morgan fingerprint density at radius 2 is 1.80 bits per heavy atom. The van der Waals surface area contributed by atoms with Gasteiger partial charge in [0.25, 0.3) is 0 Å². The van der Waals surface area contributed by atoms with Gasteiger partial charge >= 0.3 is 27.2 Å². The van der Waals surface area contributed by atoms with Crippen molar-refractivity contribution in [3.05, 3.63) is 0 Å². The smallest absolute Gasteiger partial charge is 0.430 e. The Morgan fingerprint density at radius 1 is 1.40 bits per heavy atom. The summed E-state index contributed by atoms with van der Waals surface area (Å²) in [6.07, 6.45) is -6.53. The van der Waals surface area contributed by atoms with Gasteiger partial charge in [-0.2, -0.15) is 21.6 Å². The number of carbonyl (C=O) groups excluding carboxylic acids is 1. The van der Waals surface area contributed by atoms with Crippen molar-refractivity contribution in [1.82, 2.24) is 0 Å². The van der Waals surface area contributed by atoms with E-state index >= 15 is 0 Å². The van der Waals surface area contributed by atoms with E-state index in [0.29, 0.717) is 6.92 Å². The maximum atomic E-state index is 12.4. The number of hydrogen-bond acceptors (Lipinski definition) is 4. The van der Waals surface area contributed by atoms with Gasteiger partial charge in [0, 0.05) is 13.3 Å². The fourth-order valence-electron chi connectivity index (χ4n) is 0.944. The van der Waals surface area contributed by atoms with Gasteiger partial charge < -0.3 is 4.74 Å². The Kier molecular flexibility index (Phi) is 3.75. The summed E-state index contributed by atoms with van der Waals surface area (Å²) in [4.78, 5) is 6.53. The van der Waals surface area contributed by atoms with E-state index in [-0.39, 0.29) is 0 Å². The predicted molar refractivity (Wildman–Crippen MR) is 42.4 cm³/mol. The molecule has 0 saturated heterocycles. The Morgan fingerprint density at radius 3 is 1.87 bits per heavy atom. The molecule has 15 heavy (non-hydrogen) atoms. The maximum Gasteiger partial charge on any atom is 0.446 e. The third-order valence-corrected chi connectivity index (χ3v) is 3.06. The molecular weight excluding hydrogens is 241 g/mol. The molecule has 0 aromatic rings. The summed E-state index contributed by atoms with van der Waals surface area (Å²) in [5, 5.41) is 0. The van der Waals surface area contributed by atoms with Crippen LogP contribution in [-0.2, 0) is 19.6 Å². The van der Waals surface area contributed by atoms with Crippen LogP contribution in [0.15, 0.2) is 0 Å². The van der Waals surface area contributed by atoms with E-state index in [1.54, 1.807) is 0 Å². The second-order valence-electron chi connectivity index (χ2n) is 2.67. The van der Waals surface area contributed by atoms with Gasteiger partial charge in [0.1, 0.15) is 0 Å². The summed E-state index contributed by atoms with van der Waals surface area (Å²) in [7, 11) is -5.60. The lowest BCUT2D eigenvalue weighted by Crippen LogP contribution is -2.54. The first-order valence-corrected chi connectivity index (χ1v) is 5.15. The highest BCUT2D eigenvalue weighted by Gasteiger charge is 2.66. The van der Waals surface area contributed by atoms with Crippen LogP contribution in [0.3, 0.4) is 0 Å². The third kappa shape index (κ3) is 2.59. The van der Waals surface area contributed by atoms with E-state index in [9.17, 15) is 26.4 Å². The van der Waals surface area contributed by atoms with E-state index in [1.165, 1.54) is 0 Å². The lowest BCUT2D eigenvalue weighted by atomic mass is 10.2. The number of ether oxygens (including phenoxy) is 1. The molecule has 0 saturated carbocycles. The zero-order chi connectivity index (χ0) is 12.5. The summed E-state index contributed by atoms with van der Waals surface area (Å²) in [5.41, 5.74) is 0. The van der Waals surface area contributed by atoms with Gasteiger partial charge in [0.15, 0.2) is 0 Å². The molecule has 0 rings (SSSR count). The van der Waals surface area contributed by atoms with Crippen molar-refractivity contribution in [3.63, 3.8) is 0 Å². The molecule has 1 N–H and O–H groups in total. The zero-order valence-corrected chi connectivity index (χ0v) is 8.65. The molecule has 90 valence electrons. The molecule has 0 aliphatic carbocycles. The van der Waals surface area contributed by atoms with Crippen LogP contribution in [0.4, 0.5) is 13.2 Å². The minimum atomic E-state index is -5.60. The lowest BCUT2D eigenvalue weighted by Gasteiger charge is -2.30. The SMILES string of the molecule is CCC(OC(C)=O)(C(F)(F)F)S(=O)(=O)O. The fraction of sp³-hybridized carbons (Fsp3) is 0.833. The van der Waals surface area contributed by atoms with Gasteiger partial charge in [-0.3, -0.25) is 9.35 Å². The van der Waals surface area contributed by atoms with Gasteiger partial charge in [0.2, 0.25) is 0 Å². The molecule has 0 aliphatic rings. The molecule has 0 aromatic heterocycles. The highest BCUT2D eigenvalue weighted by molar-refractivity contribution is 7.87. The van der Waals surface area contributed by atoms with E-state index in [1.807, 2.05) is 0 Å². The summed E-state index contributed by atoms with van der Waals surface area (Å²) in [6.45, 7) is 1.44. The maximum absolute atomic E-state index is 12.4. The zero-order valence-electron chi connectivity index (χ0n) is 7.83. The van der Waals surface area contributed by atoms with Crippen LogP contribution < -0.4 is 0 Å². The van der Waals surface area contributed by atoms with Gasteiger partial charge in [-0.1, -0.05) is 6.92 Å². The Balaban J connectivity index is 5.64. The molecule has 1 unspecified atom stereocenters. The average molecular weight is 250 g/mol. The molecule has 0 aromatic carbocycles.